The zero-order valence-electron chi connectivity index (χ0n) is 8.15. The van der Waals surface area contributed by atoms with E-state index in [9.17, 15) is 4.79 Å². The number of hydrogen-bond donors (Lipinski definition) is 0. The number of nitrogens with zero attached hydrogens (tertiary/aromatic N) is 4. The molecular weight excluding hydrogens is 216 g/mol. The Morgan fingerprint density at radius 2 is 1.87 bits per heavy atom. The maximum atomic E-state index is 11.6. The lowest BCUT2D eigenvalue weighted by molar-refractivity contribution is 0.194. The van der Waals surface area contributed by atoms with E-state index in [0.717, 1.165) is 0 Å². The van der Waals surface area contributed by atoms with E-state index in [-0.39, 0.29) is 22.5 Å². The monoisotopic (exact) mass is 222 g/mol. The number of halogens is 1. The largest absolute Gasteiger partial charge is 0.329 e. The molecule has 6 heteroatoms. The maximum absolute atomic E-state index is 11.6. The molecule has 0 bridgehead atoms. The summed E-state index contributed by atoms with van der Waals surface area (Å²) in [5.74, 6) is 0. The average molecular weight is 223 g/mol. The van der Waals surface area contributed by atoms with Crippen molar-refractivity contribution in [3.05, 3.63) is 22.5 Å². The van der Waals surface area contributed by atoms with Crippen LogP contribution in [0.1, 0.15) is 0 Å². The Balaban J connectivity index is 3.37. The maximum Gasteiger partial charge on any atom is 0.329 e. The fourth-order valence-electron chi connectivity index (χ4n) is 1.11. The van der Waals surface area contributed by atoms with Gasteiger partial charge in [-0.1, -0.05) is 11.6 Å². The first kappa shape index (κ1) is 11.1. The molecule has 15 heavy (non-hydrogen) atoms. The second-order valence-electron chi connectivity index (χ2n) is 2.85. The SMILES string of the molecule is CN1C(=O)N(C)C(=C(C#N)C#N)C=C1Cl. The predicted octanol–water partition coefficient (Wildman–Crippen LogP) is 1.37. The molecule has 0 aliphatic carbocycles. The van der Waals surface area contributed by atoms with Crippen LogP contribution in [0.25, 0.3) is 0 Å². The van der Waals surface area contributed by atoms with Crippen LogP contribution in [0.2, 0.25) is 0 Å². The van der Waals surface area contributed by atoms with Crippen LogP contribution in [0, 0.1) is 22.7 Å². The molecule has 0 aromatic carbocycles. The van der Waals surface area contributed by atoms with Crippen molar-refractivity contribution < 1.29 is 4.79 Å². The van der Waals surface area contributed by atoms with Crippen LogP contribution in [0.4, 0.5) is 4.79 Å². The van der Waals surface area contributed by atoms with Gasteiger partial charge in [-0.3, -0.25) is 9.80 Å². The number of carbonyl (C=O) groups is 1. The van der Waals surface area contributed by atoms with E-state index in [2.05, 4.69) is 0 Å². The Bertz CT molecular complexity index is 436. The minimum atomic E-state index is -0.388. The third-order valence-corrected chi connectivity index (χ3v) is 2.35. The van der Waals surface area contributed by atoms with Gasteiger partial charge in [0.25, 0.3) is 0 Å². The van der Waals surface area contributed by atoms with Crippen molar-refractivity contribution in [2.75, 3.05) is 14.1 Å². The van der Waals surface area contributed by atoms with Crippen LogP contribution in [0.3, 0.4) is 0 Å². The topological polar surface area (TPSA) is 71.1 Å². The van der Waals surface area contributed by atoms with Gasteiger partial charge in [0.05, 0.1) is 5.70 Å². The first-order valence-electron chi connectivity index (χ1n) is 3.96. The second kappa shape index (κ2) is 4.04. The summed E-state index contributed by atoms with van der Waals surface area (Å²) in [7, 11) is 2.98. The third-order valence-electron chi connectivity index (χ3n) is 1.99. The molecule has 5 nitrogen and oxygen atoms in total. The van der Waals surface area contributed by atoms with Gasteiger partial charge in [0.15, 0.2) is 5.57 Å². The van der Waals surface area contributed by atoms with Gasteiger partial charge in [-0.25, -0.2) is 4.79 Å². The lowest BCUT2D eigenvalue weighted by Crippen LogP contribution is -2.40. The number of carbonyl (C=O) groups excluding carboxylic acids is 1. The number of nitriles is 2. The highest BCUT2D eigenvalue weighted by molar-refractivity contribution is 6.30. The summed E-state index contributed by atoms with van der Waals surface area (Å²) in [4.78, 5) is 14.0. The van der Waals surface area contributed by atoms with E-state index in [4.69, 9.17) is 22.1 Å². The molecule has 2 amide bonds. The quantitative estimate of drug-likeness (QED) is 0.459. The van der Waals surface area contributed by atoms with E-state index in [1.165, 1.54) is 30.0 Å². The van der Waals surface area contributed by atoms with Crippen LogP contribution in [-0.2, 0) is 0 Å². The highest BCUT2D eigenvalue weighted by atomic mass is 35.5. The Hall–Kier alpha value is -1.98. The van der Waals surface area contributed by atoms with Gasteiger partial charge in [-0.2, -0.15) is 10.5 Å². The van der Waals surface area contributed by atoms with Gasteiger partial charge >= 0.3 is 6.03 Å². The smallest absolute Gasteiger partial charge is 0.295 e. The van der Waals surface area contributed by atoms with E-state index in [1.807, 2.05) is 0 Å². The third kappa shape index (κ3) is 1.78. The molecule has 0 aromatic heterocycles. The van der Waals surface area contributed by atoms with Crippen molar-refractivity contribution in [2.45, 2.75) is 0 Å². The van der Waals surface area contributed by atoms with Gasteiger partial charge in [-0.15, -0.1) is 0 Å². The lowest BCUT2D eigenvalue weighted by Gasteiger charge is -2.29. The summed E-state index contributed by atoms with van der Waals surface area (Å²) in [6.07, 6.45) is 1.41. The van der Waals surface area contributed by atoms with E-state index in [0.29, 0.717) is 0 Å². The van der Waals surface area contributed by atoms with E-state index >= 15 is 0 Å². The summed E-state index contributed by atoms with van der Waals surface area (Å²) in [5, 5.41) is 17.5. The number of likely N-dealkylation sites (N-methyl/N-ethyl adjacent to an activating group) is 1. The molecule has 1 aliphatic heterocycles. The number of urea groups is 1. The molecule has 0 unspecified atom stereocenters. The summed E-state index contributed by atoms with van der Waals surface area (Å²) in [5.41, 5.74) is 0.0743. The summed E-state index contributed by atoms with van der Waals surface area (Å²) in [6, 6.07) is 3.03. The minimum absolute atomic E-state index is 0.142. The normalized spacial score (nSPS) is 15.7. The molecule has 0 radical (unpaired) electrons. The van der Waals surface area contributed by atoms with Gasteiger partial charge in [0, 0.05) is 14.1 Å². The Morgan fingerprint density at radius 3 is 2.33 bits per heavy atom. The highest BCUT2D eigenvalue weighted by Gasteiger charge is 2.26. The second-order valence-corrected chi connectivity index (χ2v) is 3.24. The molecule has 1 heterocycles. The first-order chi connectivity index (χ1) is 7.02. The van der Waals surface area contributed by atoms with E-state index < -0.39 is 0 Å². The van der Waals surface area contributed by atoms with Crippen LogP contribution < -0.4 is 0 Å². The van der Waals surface area contributed by atoms with Crippen molar-refractivity contribution in [3.63, 3.8) is 0 Å². The zero-order chi connectivity index (χ0) is 11.6. The lowest BCUT2D eigenvalue weighted by atomic mass is 10.2. The average Bonchev–Trinajstić information content (AvgIpc) is 2.24. The summed E-state index contributed by atoms with van der Waals surface area (Å²) < 4.78 is 0. The van der Waals surface area contributed by atoms with E-state index in [1.54, 1.807) is 12.1 Å². The number of amides is 2. The highest BCUT2D eigenvalue weighted by Crippen LogP contribution is 2.23. The Labute approximate surface area is 92.0 Å². The molecule has 0 fully saturated rings. The van der Waals surface area contributed by atoms with Gasteiger partial charge in [0.1, 0.15) is 17.3 Å². The van der Waals surface area contributed by atoms with Crippen molar-refractivity contribution in [3.8, 4) is 12.1 Å². The first-order valence-corrected chi connectivity index (χ1v) is 4.33. The molecule has 0 spiro atoms. The zero-order valence-corrected chi connectivity index (χ0v) is 8.91. The van der Waals surface area contributed by atoms with Gasteiger partial charge in [-0.05, 0) is 6.08 Å². The molecule has 0 saturated carbocycles. The van der Waals surface area contributed by atoms with Gasteiger partial charge < -0.3 is 0 Å². The Morgan fingerprint density at radius 1 is 1.33 bits per heavy atom. The summed E-state index contributed by atoms with van der Waals surface area (Å²) in [6.45, 7) is 0. The fraction of sp³-hybridized carbons (Fsp3) is 0.222. The van der Waals surface area contributed by atoms with Crippen molar-refractivity contribution >= 4 is 17.6 Å². The molecule has 0 atom stereocenters. The number of hydrogen-bond acceptors (Lipinski definition) is 3. The number of allylic oxidation sites excluding steroid dienone is 2. The standard InChI is InChI=1S/C9H7ClN4O/c1-13-7(6(4-11)5-12)3-8(10)14(2)9(13)15/h3H,1-2H3. The molecule has 0 saturated heterocycles. The molecule has 0 aromatic rings. The molecule has 1 aliphatic rings. The molecule has 1 rings (SSSR count). The fourth-order valence-corrected chi connectivity index (χ4v) is 1.28. The number of rotatable bonds is 0. The van der Waals surface area contributed by atoms with Crippen LogP contribution in [-0.4, -0.2) is 29.9 Å². The molecule has 0 N–H and O–H groups in total. The van der Waals surface area contributed by atoms with Crippen molar-refractivity contribution in [1.82, 2.24) is 9.80 Å². The van der Waals surface area contributed by atoms with Crippen LogP contribution >= 0.6 is 11.6 Å². The Kier molecular flexibility index (Phi) is 2.99. The van der Waals surface area contributed by atoms with Gasteiger partial charge in [0.2, 0.25) is 0 Å². The minimum Gasteiger partial charge on any atom is -0.295 e. The molecule has 76 valence electrons. The van der Waals surface area contributed by atoms with Crippen LogP contribution in [0.5, 0.6) is 0 Å². The van der Waals surface area contributed by atoms with Crippen molar-refractivity contribution in [1.29, 1.82) is 10.5 Å². The molecular formula is C9H7ClN4O. The van der Waals surface area contributed by atoms with Crippen molar-refractivity contribution in [2.24, 2.45) is 0 Å². The van der Waals surface area contributed by atoms with Crippen LogP contribution in [0.15, 0.2) is 22.5 Å². The summed E-state index contributed by atoms with van der Waals surface area (Å²) >= 11 is 5.77. The predicted molar refractivity (Wildman–Crippen MR) is 53.1 cm³/mol.